The van der Waals surface area contributed by atoms with Gasteiger partial charge in [-0.15, -0.1) is 0 Å². The van der Waals surface area contributed by atoms with Crippen LogP contribution in [-0.2, 0) is 16.0 Å². The lowest BCUT2D eigenvalue weighted by Gasteiger charge is -2.12. The molecule has 2 N–H and O–H groups in total. The van der Waals surface area contributed by atoms with Gasteiger partial charge in [0.25, 0.3) is 5.91 Å². The van der Waals surface area contributed by atoms with E-state index in [0.717, 1.165) is 12.1 Å². The van der Waals surface area contributed by atoms with Gasteiger partial charge in [-0.1, -0.05) is 0 Å². The number of nitrogens with one attached hydrogen (secondary N) is 2. The minimum absolute atomic E-state index is 0.0426. The van der Waals surface area contributed by atoms with Crippen LogP contribution >= 0.6 is 0 Å². The Hall–Kier alpha value is -2.62. The lowest BCUT2D eigenvalue weighted by atomic mass is 10.2. The summed E-state index contributed by atoms with van der Waals surface area (Å²) in [6.07, 6.45) is -2.67. The molecule has 1 aliphatic heterocycles. The van der Waals surface area contributed by atoms with E-state index in [1.807, 2.05) is 0 Å². The maximum absolute atomic E-state index is 12.6. The van der Waals surface area contributed by atoms with Crippen molar-refractivity contribution >= 4 is 27.1 Å². The number of hydrogen-bond acceptors (Lipinski definition) is 5. The van der Waals surface area contributed by atoms with Gasteiger partial charge in [0, 0.05) is 23.6 Å². The predicted molar refractivity (Wildman–Crippen MR) is 93.5 cm³/mol. The van der Waals surface area contributed by atoms with Crippen LogP contribution in [0.2, 0.25) is 0 Å². The standard InChI is InChI=1S/C17H16F3N3O3S/c18-17(19,20)11-1-3-12(4-2-11)22-13-5-7-21-15(9-13)16(24)23-14-6-8-27(25,26)10-14/h1-5,7,9,14H,6,8,10H2,(H,21,22)(H,23,24). The molecule has 0 radical (unpaired) electrons. The molecular formula is C17H16F3N3O3S. The molecule has 144 valence electrons. The number of benzene rings is 1. The second kappa shape index (κ2) is 7.18. The van der Waals surface area contributed by atoms with E-state index in [0.29, 0.717) is 17.8 Å². The molecule has 1 aliphatic rings. The van der Waals surface area contributed by atoms with Gasteiger partial charge in [-0.25, -0.2) is 8.42 Å². The van der Waals surface area contributed by atoms with Crippen molar-refractivity contribution < 1.29 is 26.4 Å². The van der Waals surface area contributed by atoms with Crippen molar-refractivity contribution in [1.82, 2.24) is 10.3 Å². The Kier molecular flexibility index (Phi) is 5.09. The van der Waals surface area contributed by atoms with Crippen molar-refractivity contribution in [2.75, 3.05) is 16.8 Å². The number of pyridine rings is 1. The van der Waals surface area contributed by atoms with E-state index in [9.17, 15) is 26.4 Å². The first-order valence-electron chi connectivity index (χ1n) is 8.04. The summed E-state index contributed by atoms with van der Waals surface area (Å²) in [5.41, 5.74) is 0.210. The normalized spacial score (nSPS) is 18.9. The number of carbonyl (C=O) groups is 1. The summed E-state index contributed by atoms with van der Waals surface area (Å²) >= 11 is 0. The second-order valence-electron chi connectivity index (χ2n) is 6.20. The number of halogens is 3. The van der Waals surface area contributed by atoms with Gasteiger partial charge in [-0.2, -0.15) is 13.2 Å². The molecule has 27 heavy (non-hydrogen) atoms. The Morgan fingerprint density at radius 3 is 2.41 bits per heavy atom. The van der Waals surface area contributed by atoms with Gasteiger partial charge in [0.2, 0.25) is 0 Å². The summed E-state index contributed by atoms with van der Waals surface area (Å²) in [6.45, 7) is 0. The van der Waals surface area contributed by atoms with Crippen LogP contribution in [0.4, 0.5) is 24.5 Å². The van der Waals surface area contributed by atoms with E-state index in [1.165, 1.54) is 24.4 Å². The van der Waals surface area contributed by atoms with Crippen molar-refractivity contribution in [2.45, 2.75) is 18.6 Å². The summed E-state index contributed by atoms with van der Waals surface area (Å²) in [4.78, 5) is 16.2. The summed E-state index contributed by atoms with van der Waals surface area (Å²) in [5.74, 6) is -0.559. The third kappa shape index (κ3) is 4.97. The number of anilines is 2. The molecule has 1 unspecified atom stereocenters. The second-order valence-corrected chi connectivity index (χ2v) is 8.43. The van der Waals surface area contributed by atoms with Crippen molar-refractivity contribution in [3.63, 3.8) is 0 Å². The van der Waals surface area contributed by atoms with E-state index >= 15 is 0 Å². The van der Waals surface area contributed by atoms with Gasteiger partial charge in [-0.05, 0) is 42.8 Å². The Bertz CT molecular complexity index is 944. The van der Waals surface area contributed by atoms with Crippen LogP contribution in [0.25, 0.3) is 0 Å². The van der Waals surface area contributed by atoms with Gasteiger partial charge in [0.05, 0.1) is 17.1 Å². The van der Waals surface area contributed by atoms with E-state index in [2.05, 4.69) is 15.6 Å². The average Bonchev–Trinajstić information content (AvgIpc) is 2.93. The highest BCUT2D eigenvalue weighted by molar-refractivity contribution is 7.91. The third-order valence-electron chi connectivity index (χ3n) is 4.06. The molecule has 0 saturated carbocycles. The summed E-state index contributed by atoms with van der Waals surface area (Å²) < 4.78 is 60.7. The number of carbonyl (C=O) groups excluding carboxylic acids is 1. The van der Waals surface area contributed by atoms with Crippen LogP contribution in [0.15, 0.2) is 42.6 Å². The van der Waals surface area contributed by atoms with Crippen LogP contribution in [0.3, 0.4) is 0 Å². The van der Waals surface area contributed by atoms with Gasteiger partial charge in [-0.3, -0.25) is 9.78 Å². The topological polar surface area (TPSA) is 88.2 Å². The number of rotatable bonds is 4. The SMILES string of the molecule is O=C(NC1CCS(=O)(=O)C1)c1cc(Nc2ccc(C(F)(F)F)cc2)ccn1. The number of aromatic nitrogens is 1. The first-order valence-corrected chi connectivity index (χ1v) is 9.86. The summed E-state index contributed by atoms with van der Waals surface area (Å²) in [6, 6.07) is 7.04. The molecule has 1 fully saturated rings. The molecule has 1 saturated heterocycles. The Balaban J connectivity index is 1.67. The van der Waals surface area contributed by atoms with E-state index < -0.39 is 33.5 Å². The first kappa shape index (κ1) is 19.2. The first-order chi connectivity index (χ1) is 12.6. The minimum Gasteiger partial charge on any atom is -0.355 e. The molecule has 6 nitrogen and oxygen atoms in total. The maximum Gasteiger partial charge on any atom is 0.416 e. The molecular weight excluding hydrogens is 383 g/mol. The maximum atomic E-state index is 12.6. The summed E-state index contributed by atoms with van der Waals surface area (Å²) in [5, 5.41) is 5.53. The van der Waals surface area contributed by atoms with E-state index in [-0.39, 0.29) is 17.2 Å². The van der Waals surface area contributed by atoms with Crippen molar-refractivity contribution in [3.05, 3.63) is 53.9 Å². The lowest BCUT2D eigenvalue weighted by Crippen LogP contribution is -2.36. The smallest absolute Gasteiger partial charge is 0.355 e. The van der Waals surface area contributed by atoms with E-state index in [4.69, 9.17) is 0 Å². The van der Waals surface area contributed by atoms with Crippen molar-refractivity contribution in [3.8, 4) is 0 Å². The number of sulfone groups is 1. The quantitative estimate of drug-likeness (QED) is 0.826. The molecule has 1 aromatic heterocycles. The Labute approximate surface area is 153 Å². The van der Waals surface area contributed by atoms with Gasteiger partial charge in [0.15, 0.2) is 9.84 Å². The molecule has 3 rings (SSSR count). The van der Waals surface area contributed by atoms with E-state index in [1.54, 1.807) is 6.07 Å². The highest BCUT2D eigenvalue weighted by Crippen LogP contribution is 2.30. The van der Waals surface area contributed by atoms with Crippen molar-refractivity contribution in [2.24, 2.45) is 0 Å². The number of hydrogen-bond donors (Lipinski definition) is 2. The van der Waals surface area contributed by atoms with Crippen LogP contribution in [-0.4, -0.2) is 36.9 Å². The molecule has 0 bridgehead atoms. The molecule has 1 atom stereocenters. The predicted octanol–water partition coefficient (Wildman–Crippen LogP) is 2.76. The number of nitrogens with zero attached hydrogens (tertiary/aromatic N) is 1. The highest BCUT2D eigenvalue weighted by atomic mass is 32.2. The Morgan fingerprint density at radius 2 is 1.81 bits per heavy atom. The number of alkyl halides is 3. The van der Waals surface area contributed by atoms with Gasteiger partial charge in [0.1, 0.15) is 5.69 Å². The van der Waals surface area contributed by atoms with Crippen LogP contribution in [0, 0.1) is 0 Å². The zero-order valence-corrected chi connectivity index (χ0v) is 14.8. The molecule has 2 aromatic rings. The fraction of sp³-hybridized carbons (Fsp3) is 0.294. The van der Waals surface area contributed by atoms with Gasteiger partial charge >= 0.3 is 6.18 Å². The molecule has 1 aromatic carbocycles. The van der Waals surface area contributed by atoms with Gasteiger partial charge < -0.3 is 10.6 Å². The van der Waals surface area contributed by atoms with Crippen LogP contribution in [0.1, 0.15) is 22.5 Å². The number of amides is 1. The fourth-order valence-electron chi connectivity index (χ4n) is 2.71. The zero-order valence-electron chi connectivity index (χ0n) is 14.0. The average molecular weight is 399 g/mol. The fourth-order valence-corrected chi connectivity index (χ4v) is 4.38. The van der Waals surface area contributed by atoms with Crippen molar-refractivity contribution in [1.29, 1.82) is 0 Å². The third-order valence-corrected chi connectivity index (χ3v) is 5.83. The summed E-state index contributed by atoms with van der Waals surface area (Å²) in [7, 11) is -3.11. The molecule has 1 amide bonds. The monoisotopic (exact) mass is 399 g/mol. The highest BCUT2D eigenvalue weighted by Gasteiger charge is 2.30. The molecule has 10 heteroatoms. The molecule has 0 aliphatic carbocycles. The van der Waals surface area contributed by atoms with Crippen LogP contribution in [0.5, 0.6) is 0 Å². The molecule has 0 spiro atoms. The largest absolute Gasteiger partial charge is 0.416 e. The van der Waals surface area contributed by atoms with Crippen LogP contribution < -0.4 is 10.6 Å². The lowest BCUT2D eigenvalue weighted by molar-refractivity contribution is -0.137. The molecule has 2 heterocycles. The zero-order chi connectivity index (χ0) is 19.7. The minimum atomic E-state index is -4.41. The Morgan fingerprint density at radius 1 is 1.11 bits per heavy atom.